The number of aromatic nitrogens is 4. The first kappa shape index (κ1) is 22.1. The summed E-state index contributed by atoms with van der Waals surface area (Å²) in [6, 6.07) is 11.1. The highest BCUT2D eigenvalue weighted by molar-refractivity contribution is 7.89. The molecule has 0 saturated carbocycles. The predicted molar refractivity (Wildman–Crippen MR) is 132 cm³/mol. The molecule has 2 aromatic heterocycles. The average molecular weight is 477 g/mol. The standard InChI is InChI=1S/C24H24N6O3S/c1-28-10-9-25-23(28)13-27-34(32,33)16-30-15-18(19-12-26-29(2)14-19)11-21-22(30)8-7-17-5-3-4-6-20(17)24(21)31/h3-12,14,27H,13,15-16H2,1-2H3. The van der Waals surface area contributed by atoms with Crippen LogP contribution in [0.25, 0.3) is 22.4 Å². The second-order valence-corrected chi connectivity index (χ2v) is 10.1. The molecule has 0 bridgehead atoms. The van der Waals surface area contributed by atoms with E-state index in [9.17, 15) is 13.2 Å². The number of fused-ring (bicyclic) bond motifs is 2. The largest absolute Gasteiger partial charge is 0.351 e. The van der Waals surface area contributed by atoms with E-state index in [-0.39, 0.29) is 17.9 Å². The number of hydrogen-bond donors (Lipinski definition) is 1. The fraction of sp³-hybridized carbons (Fsp3) is 0.208. The third kappa shape index (κ3) is 4.25. The summed E-state index contributed by atoms with van der Waals surface area (Å²) >= 11 is 0. The maximum atomic E-state index is 13.5. The van der Waals surface area contributed by atoms with Gasteiger partial charge in [0.25, 0.3) is 0 Å². The van der Waals surface area contributed by atoms with E-state index in [0.717, 1.165) is 16.5 Å². The lowest BCUT2D eigenvalue weighted by Crippen LogP contribution is -2.39. The molecule has 4 aromatic rings. The first-order valence-electron chi connectivity index (χ1n) is 10.7. The highest BCUT2D eigenvalue weighted by Gasteiger charge is 2.26. The molecule has 5 rings (SSSR count). The van der Waals surface area contributed by atoms with Crippen LogP contribution in [0.3, 0.4) is 0 Å². The molecule has 0 unspecified atom stereocenters. The predicted octanol–water partition coefficient (Wildman–Crippen LogP) is 2.10. The summed E-state index contributed by atoms with van der Waals surface area (Å²) in [7, 11) is -0.102. The summed E-state index contributed by atoms with van der Waals surface area (Å²) in [5.41, 5.74) is 2.57. The number of aryl methyl sites for hydroxylation is 2. The molecule has 1 aliphatic heterocycles. The van der Waals surface area contributed by atoms with Crippen molar-refractivity contribution in [2.75, 3.05) is 17.3 Å². The van der Waals surface area contributed by atoms with Crippen molar-refractivity contribution >= 4 is 38.1 Å². The summed E-state index contributed by atoms with van der Waals surface area (Å²) in [4.78, 5) is 19.4. The minimum Gasteiger partial charge on any atom is -0.351 e. The third-order valence-electron chi connectivity index (χ3n) is 5.94. The number of hydrogen-bond acceptors (Lipinski definition) is 6. The third-order valence-corrected chi connectivity index (χ3v) is 7.18. The van der Waals surface area contributed by atoms with Gasteiger partial charge in [0.15, 0.2) is 5.43 Å². The van der Waals surface area contributed by atoms with Crippen LogP contribution in [0.4, 0.5) is 5.69 Å². The second kappa shape index (κ2) is 8.54. The SMILES string of the molecule is Cn1cc(C2=Cc3c(ccc4ccccc4c3=O)N(CS(=O)(=O)NCc3nccn3C)C2)cn1. The number of anilines is 1. The normalized spacial score (nSPS) is 13.7. The van der Waals surface area contributed by atoms with Crippen LogP contribution in [-0.4, -0.2) is 40.2 Å². The zero-order chi connectivity index (χ0) is 23.9. The number of benzene rings is 1. The average Bonchev–Trinajstić information content (AvgIpc) is 3.40. The Morgan fingerprint density at radius 1 is 1.12 bits per heavy atom. The Balaban J connectivity index is 1.57. The maximum absolute atomic E-state index is 13.5. The molecule has 0 amide bonds. The Bertz CT molecular complexity index is 1590. The van der Waals surface area contributed by atoms with Gasteiger partial charge in [0.2, 0.25) is 10.0 Å². The van der Waals surface area contributed by atoms with Gasteiger partial charge in [0, 0.05) is 61.4 Å². The lowest BCUT2D eigenvalue weighted by Gasteiger charge is -2.29. The van der Waals surface area contributed by atoms with Crippen molar-refractivity contribution in [3.05, 3.63) is 88.4 Å². The van der Waals surface area contributed by atoms with Gasteiger partial charge in [-0.15, -0.1) is 0 Å². The smallest absolute Gasteiger partial charge is 0.230 e. The van der Waals surface area contributed by atoms with E-state index in [0.29, 0.717) is 29.0 Å². The number of nitrogens with zero attached hydrogens (tertiary/aromatic N) is 5. The van der Waals surface area contributed by atoms with Crippen LogP contribution in [-0.2, 0) is 30.7 Å². The number of sulfonamides is 1. The molecule has 0 aliphatic carbocycles. The molecule has 174 valence electrons. The van der Waals surface area contributed by atoms with Crippen molar-refractivity contribution in [1.82, 2.24) is 24.1 Å². The first-order chi connectivity index (χ1) is 16.3. The van der Waals surface area contributed by atoms with Crippen molar-refractivity contribution < 1.29 is 8.42 Å². The van der Waals surface area contributed by atoms with E-state index in [2.05, 4.69) is 14.8 Å². The van der Waals surface area contributed by atoms with Crippen molar-refractivity contribution in [2.45, 2.75) is 6.54 Å². The highest BCUT2D eigenvalue weighted by atomic mass is 32.2. The van der Waals surface area contributed by atoms with Gasteiger partial charge in [-0.25, -0.2) is 18.1 Å². The van der Waals surface area contributed by atoms with E-state index in [1.807, 2.05) is 56.7 Å². The molecule has 2 aromatic carbocycles. The Morgan fingerprint density at radius 2 is 1.94 bits per heavy atom. The van der Waals surface area contributed by atoms with Crippen LogP contribution >= 0.6 is 0 Å². The molecule has 1 aliphatic rings. The van der Waals surface area contributed by atoms with Gasteiger partial charge in [-0.05, 0) is 23.1 Å². The highest BCUT2D eigenvalue weighted by Crippen LogP contribution is 2.32. The van der Waals surface area contributed by atoms with Crippen LogP contribution in [0.5, 0.6) is 0 Å². The molecule has 3 heterocycles. The van der Waals surface area contributed by atoms with Gasteiger partial charge in [-0.1, -0.05) is 30.3 Å². The molecule has 0 fully saturated rings. The van der Waals surface area contributed by atoms with Crippen LogP contribution in [0, 0.1) is 0 Å². The zero-order valence-electron chi connectivity index (χ0n) is 18.8. The van der Waals surface area contributed by atoms with Gasteiger partial charge in [-0.2, -0.15) is 5.10 Å². The quantitative estimate of drug-likeness (QED) is 0.457. The Kier molecular flexibility index (Phi) is 5.54. The monoisotopic (exact) mass is 476 g/mol. The summed E-state index contributed by atoms with van der Waals surface area (Å²) in [6.45, 7) is 0.402. The molecule has 9 nitrogen and oxygen atoms in total. The van der Waals surface area contributed by atoms with E-state index in [1.165, 1.54) is 0 Å². The molecular formula is C24H24N6O3S. The number of nitrogens with one attached hydrogen (secondary N) is 1. The molecule has 0 radical (unpaired) electrons. The molecule has 0 saturated heterocycles. The van der Waals surface area contributed by atoms with Crippen molar-refractivity contribution in [3.8, 4) is 0 Å². The van der Waals surface area contributed by atoms with Gasteiger partial charge in [0.05, 0.1) is 12.7 Å². The minimum absolute atomic E-state index is 0.0804. The Hall–Kier alpha value is -3.76. The zero-order valence-corrected chi connectivity index (χ0v) is 19.7. The van der Waals surface area contributed by atoms with Crippen LogP contribution in [0.1, 0.15) is 17.0 Å². The van der Waals surface area contributed by atoms with Gasteiger partial charge in [-0.3, -0.25) is 9.48 Å². The molecule has 0 atom stereocenters. The van der Waals surface area contributed by atoms with E-state index < -0.39 is 10.0 Å². The Morgan fingerprint density at radius 3 is 2.68 bits per heavy atom. The minimum atomic E-state index is -3.73. The Labute approximate surface area is 197 Å². The van der Waals surface area contributed by atoms with Crippen LogP contribution in [0.15, 0.2) is 66.0 Å². The lowest BCUT2D eigenvalue weighted by atomic mass is 10.0. The molecule has 34 heavy (non-hydrogen) atoms. The van der Waals surface area contributed by atoms with Crippen LogP contribution < -0.4 is 15.1 Å². The van der Waals surface area contributed by atoms with E-state index in [4.69, 9.17) is 0 Å². The second-order valence-electron chi connectivity index (χ2n) is 8.34. The fourth-order valence-corrected chi connectivity index (χ4v) is 5.24. The molecule has 1 N–H and O–H groups in total. The van der Waals surface area contributed by atoms with Crippen molar-refractivity contribution in [2.24, 2.45) is 14.1 Å². The number of imidazole rings is 1. The van der Waals surface area contributed by atoms with Crippen molar-refractivity contribution in [3.63, 3.8) is 0 Å². The summed E-state index contributed by atoms with van der Waals surface area (Å²) in [5, 5.41) is 5.62. The van der Waals surface area contributed by atoms with E-state index >= 15 is 0 Å². The van der Waals surface area contributed by atoms with Crippen LogP contribution in [0.2, 0.25) is 0 Å². The van der Waals surface area contributed by atoms with Gasteiger partial charge in [0.1, 0.15) is 11.7 Å². The van der Waals surface area contributed by atoms with Crippen molar-refractivity contribution in [1.29, 1.82) is 0 Å². The summed E-state index contributed by atoms with van der Waals surface area (Å²) in [6.07, 6.45) is 8.81. The maximum Gasteiger partial charge on any atom is 0.230 e. The first-order valence-corrected chi connectivity index (χ1v) is 12.4. The lowest BCUT2D eigenvalue weighted by molar-refractivity contribution is 0.576. The van der Waals surface area contributed by atoms with E-state index in [1.54, 1.807) is 38.8 Å². The van der Waals surface area contributed by atoms with Gasteiger partial charge < -0.3 is 9.47 Å². The van der Waals surface area contributed by atoms with Gasteiger partial charge >= 0.3 is 0 Å². The fourth-order valence-electron chi connectivity index (χ4n) is 4.16. The molecule has 10 heteroatoms. The topological polar surface area (TPSA) is 102 Å². The molecular weight excluding hydrogens is 452 g/mol. The summed E-state index contributed by atoms with van der Waals surface area (Å²) < 4.78 is 32.2. The molecule has 0 spiro atoms. The summed E-state index contributed by atoms with van der Waals surface area (Å²) in [5.74, 6) is 0.306. The number of rotatable bonds is 6.